The first-order valence-corrected chi connectivity index (χ1v) is 10.2. The minimum absolute atomic E-state index is 0. The van der Waals surface area contributed by atoms with Gasteiger partial charge >= 0.3 is 6.09 Å². The van der Waals surface area contributed by atoms with E-state index in [1.54, 1.807) is 0 Å². The number of carbonyl (C=O) groups is 1. The fourth-order valence-corrected chi connectivity index (χ4v) is 3.70. The molecule has 0 saturated heterocycles. The topological polar surface area (TPSA) is 95.0 Å². The monoisotopic (exact) mass is 518 g/mol. The second kappa shape index (κ2) is 13.6. The molecule has 7 nitrogen and oxygen atoms in total. The van der Waals surface area contributed by atoms with Crippen LogP contribution in [0.3, 0.4) is 0 Å². The molecule has 1 aromatic carbocycles. The zero-order chi connectivity index (χ0) is 20.2. The first-order valence-electron chi connectivity index (χ1n) is 10.2. The van der Waals surface area contributed by atoms with E-state index in [-0.39, 0.29) is 36.0 Å². The highest BCUT2D eigenvalue weighted by Crippen LogP contribution is 2.38. The van der Waals surface area contributed by atoms with Crippen LogP contribution in [0, 0.1) is 5.41 Å². The third kappa shape index (κ3) is 8.77. The molecule has 1 saturated carbocycles. The van der Waals surface area contributed by atoms with E-state index in [9.17, 15) is 9.90 Å². The van der Waals surface area contributed by atoms with Gasteiger partial charge < -0.3 is 20.5 Å². The number of guanidine groups is 1. The van der Waals surface area contributed by atoms with Gasteiger partial charge in [0.2, 0.25) is 0 Å². The number of halogens is 1. The molecule has 29 heavy (non-hydrogen) atoms. The first-order chi connectivity index (χ1) is 13.6. The predicted octanol–water partition coefficient (Wildman–Crippen LogP) is 3.87. The molecule has 4 N–H and O–H groups in total. The second-order valence-electron chi connectivity index (χ2n) is 7.40. The Morgan fingerprint density at radius 1 is 1.17 bits per heavy atom. The van der Waals surface area contributed by atoms with Crippen LogP contribution < -0.4 is 16.0 Å². The number of aliphatic imine (C=N–C) groups is 1. The fraction of sp³-hybridized carbons (Fsp3) is 0.619. The van der Waals surface area contributed by atoms with Gasteiger partial charge in [-0.15, -0.1) is 24.0 Å². The molecular formula is C21H35IN4O3. The van der Waals surface area contributed by atoms with Crippen molar-refractivity contribution >= 4 is 41.7 Å². The SMILES string of the molecule is CCNC(=NCc1ccc(NC(=O)OC)cc1)NCC1(CCO)CCCCC1.I. The number of rotatable bonds is 8. The van der Waals surface area contributed by atoms with Crippen LogP contribution in [-0.4, -0.2) is 44.0 Å². The van der Waals surface area contributed by atoms with Gasteiger partial charge in [0, 0.05) is 25.4 Å². The minimum Gasteiger partial charge on any atom is -0.453 e. The van der Waals surface area contributed by atoms with Gasteiger partial charge in [0.15, 0.2) is 5.96 Å². The Morgan fingerprint density at radius 2 is 1.86 bits per heavy atom. The lowest BCUT2D eigenvalue weighted by atomic mass is 9.72. The number of amides is 1. The maximum Gasteiger partial charge on any atom is 0.411 e. The molecule has 0 unspecified atom stereocenters. The molecule has 0 atom stereocenters. The van der Waals surface area contributed by atoms with Gasteiger partial charge in [0.05, 0.1) is 13.7 Å². The second-order valence-corrected chi connectivity index (χ2v) is 7.40. The fourth-order valence-electron chi connectivity index (χ4n) is 3.70. The molecule has 1 fully saturated rings. The van der Waals surface area contributed by atoms with Crippen molar-refractivity contribution in [3.63, 3.8) is 0 Å². The first kappa shape index (κ1) is 25.5. The Bertz CT molecular complexity index is 626. The largest absolute Gasteiger partial charge is 0.453 e. The van der Waals surface area contributed by atoms with E-state index in [1.807, 2.05) is 24.3 Å². The van der Waals surface area contributed by atoms with Gasteiger partial charge in [-0.2, -0.15) is 0 Å². The van der Waals surface area contributed by atoms with Crippen LogP contribution in [-0.2, 0) is 11.3 Å². The van der Waals surface area contributed by atoms with Gasteiger partial charge in [-0.25, -0.2) is 9.79 Å². The van der Waals surface area contributed by atoms with Crippen LogP contribution >= 0.6 is 24.0 Å². The summed E-state index contributed by atoms with van der Waals surface area (Å²) in [6, 6.07) is 7.54. The standard InChI is InChI=1S/C21H34N4O3.HI/c1-3-22-19(24-16-21(13-14-26)11-5-4-6-12-21)23-15-17-7-9-18(10-8-17)25-20(27)28-2;/h7-10,26H,3-6,11-16H2,1-2H3,(H,25,27)(H2,22,23,24);1H. The zero-order valence-corrected chi connectivity index (χ0v) is 19.8. The van der Waals surface area contributed by atoms with Crippen molar-refractivity contribution in [3.8, 4) is 0 Å². The smallest absolute Gasteiger partial charge is 0.411 e. The van der Waals surface area contributed by atoms with E-state index in [0.717, 1.165) is 43.9 Å². The summed E-state index contributed by atoms with van der Waals surface area (Å²) in [7, 11) is 1.34. The quantitative estimate of drug-likeness (QED) is 0.238. The predicted molar refractivity (Wildman–Crippen MR) is 128 cm³/mol. The number of nitrogens with one attached hydrogen (secondary N) is 3. The molecule has 164 valence electrons. The van der Waals surface area contributed by atoms with Crippen LogP contribution in [0.15, 0.2) is 29.3 Å². The number of ether oxygens (including phenoxy) is 1. The van der Waals surface area contributed by atoms with E-state index in [0.29, 0.717) is 12.2 Å². The maximum atomic E-state index is 11.2. The van der Waals surface area contributed by atoms with Crippen LogP contribution in [0.25, 0.3) is 0 Å². The molecule has 0 radical (unpaired) electrons. The Labute approximate surface area is 191 Å². The normalized spacial score (nSPS) is 15.8. The summed E-state index contributed by atoms with van der Waals surface area (Å²) >= 11 is 0. The summed E-state index contributed by atoms with van der Waals surface area (Å²) in [5, 5.41) is 18.9. The maximum absolute atomic E-state index is 11.2. The number of anilines is 1. The number of hydrogen-bond acceptors (Lipinski definition) is 4. The van der Waals surface area contributed by atoms with Crippen molar-refractivity contribution in [1.82, 2.24) is 10.6 Å². The molecule has 8 heteroatoms. The van der Waals surface area contributed by atoms with Crippen LogP contribution in [0.2, 0.25) is 0 Å². The van der Waals surface area contributed by atoms with Gasteiger partial charge in [-0.1, -0.05) is 31.4 Å². The van der Waals surface area contributed by atoms with Gasteiger partial charge in [-0.05, 0) is 49.3 Å². The highest BCUT2D eigenvalue weighted by atomic mass is 127. The molecule has 1 aliphatic rings. The van der Waals surface area contributed by atoms with Crippen LogP contribution in [0.5, 0.6) is 0 Å². The molecule has 0 heterocycles. The van der Waals surface area contributed by atoms with Crippen molar-refractivity contribution in [2.24, 2.45) is 10.4 Å². The molecule has 0 aliphatic heterocycles. The van der Waals surface area contributed by atoms with Crippen molar-refractivity contribution in [2.75, 3.05) is 32.1 Å². The van der Waals surface area contributed by atoms with Crippen molar-refractivity contribution in [1.29, 1.82) is 0 Å². The number of aliphatic hydroxyl groups excluding tert-OH is 1. The molecule has 0 bridgehead atoms. The van der Waals surface area contributed by atoms with Gasteiger partial charge in [0.1, 0.15) is 0 Å². The summed E-state index contributed by atoms with van der Waals surface area (Å²) in [6.45, 7) is 4.46. The lowest BCUT2D eigenvalue weighted by Crippen LogP contribution is -2.44. The third-order valence-electron chi connectivity index (χ3n) is 5.34. The minimum atomic E-state index is -0.482. The molecule has 1 aromatic rings. The molecule has 1 aliphatic carbocycles. The Hall–Kier alpha value is -1.55. The highest BCUT2D eigenvalue weighted by molar-refractivity contribution is 14.0. The van der Waals surface area contributed by atoms with E-state index in [2.05, 4.69) is 32.6 Å². The Morgan fingerprint density at radius 3 is 2.45 bits per heavy atom. The Kier molecular flexibility index (Phi) is 12.0. The van der Waals surface area contributed by atoms with E-state index >= 15 is 0 Å². The molecule has 0 aromatic heterocycles. The lowest BCUT2D eigenvalue weighted by Gasteiger charge is -2.37. The number of hydrogen-bond donors (Lipinski definition) is 4. The van der Waals surface area contributed by atoms with Crippen molar-refractivity contribution in [2.45, 2.75) is 52.0 Å². The third-order valence-corrected chi connectivity index (χ3v) is 5.34. The lowest BCUT2D eigenvalue weighted by molar-refractivity contribution is 0.131. The van der Waals surface area contributed by atoms with Gasteiger partial charge in [-0.3, -0.25) is 5.32 Å². The van der Waals surface area contributed by atoms with Crippen LogP contribution in [0.1, 0.15) is 51.0 Å². The molecule has 1 amide bonds. The molecule has 0 spiro atoms. The summed E-state index contributed by atoms with van der Waals surface area (Å²) in [5.41, 5.74) is 1.91. The summed E-state index contributed by atoms with van der Waals surface area (Å²) < 4.78 is 4.59. The average Bonchev–Trinajstić information content (AvgIpc) is 2.72. The number of carbonyl (C=O) groups excluding carboxylic acids is 1. The van der Waals surface area contributed by atoms with E-state index in [1.165, 1.54) is 26.4 Å². The summed E-state index contributed by atoms with van der Waals surface area (Å²) in [6.07, 6.45) is 6.45. The number of benzene rings is 1. The van der Waals surface area contributed by atoms with E-state index < -0.39 is 6.09 Å². The van der Waals surface area contributed by atoms with Crippen molar-refractivity contribution in [3.05, 3.63) is 29.8 Å². The summed E-state index contributed by atoms with van der Waals surface area (Å²) in [4.78, 5) is 15.9. The number of methoxy groups -OCH3 is 1. The van der Waals surface area contributed by atoms with Crippen molar-refractivity contribution < 1.29 is 14.6 Å². The molecular weight excluding hydrogens is 483 g/mol. The van der Waals surface area contributed by atoms with E-state index in [4.69, 9.17) is 0 Å². The number of nitrogens with zero attached hydrogens (tertiary/aromatic N) is 1. The Balaban J connectivity index is 0.00000420. The zero-order valence-electron chi connectivity index (χ0n) is 17.5. The number of aliphatic hydroxyl groups is 1. The summed E-state index contributed by atoms with van der Waals surface area (Å²) in [5.74, 6) is 0.794. The molecule has 2 rings (SSSR count). The highest BCUT2D eigenvalue weighted by Gasteiger charge is 2.31. The van der Waals surface area contributed by atoms with Gasteiger partial charge in [0.25, 0.3) is 0 Å². The van der Waals surface area contributed by atoms with Crippen LogP contribution in [0.4, 0.5) is 10.5 Å². The average molecular weight is 518 g/mol.